The largest absolute Gasteiger partial charge is 0.311 e. The highest BCUT2D eigenvalue weighted by atomic mass is 15.5. The Morgan fingerprint density at radius 2 is 1.87 bits per heavy atom. The summed E-state index contributed by atoms with van der Waals surface area (Å²) in [5.41, 5.74) is 4.32. The fourth-order valence-electron chi connectivity index (χ4n) is 3.54. The van der Waals surface area contributed by atoms with Gasteiger partial charge in [0.05, 0.1) is 12.2 Å². The number of rotatable bonds is 8. The molecule has 0 bridgehead atoms. The van der Waals surface area contributed by atoms with Gasteiger partial charge in [-0.1, -0.05) is 39.3 Å². The first-order valence-corrected chi connectivity index (χ1v) is 10.5. The number of unbranched alkanes of at least 4 members (excludes halogenated alkanes) is 1. The molecule has 0 aliphatic heterocycles. The van der Waals surface area contributed by atoms with Gasteiger partial charge in [-0.05, 0) is 53.6 Å². The highest BCUT2D eigenvalue weighted by Gasteiger charge is 2.14. The second kappa shape index (κ2) is 8.61. The summed E-state index contributed by atoms with van der Waals surface area (Å²) < 4.78 is 4.21. The van der Waals surface area contributed by atoms with Gasteiger partial charge in [-0.2, -0.15) is 5.10 Å². The molecule has 0 saturated heterocycles. The Hall–Kier alpha value is -3.29. The van der Waals surface area contributed by atoms with Crippen molar-refractivity contribution in [3.8, 4) is 17.2 Å². The highest BCUT2D eigenvalue weighted by molar-refractivity contribution is 5.56. The first-order chi connectivity index (χ1) is 14.6. The van der Waals surface area contributed by atoms with Crippen LogP contribution in [0.4, 0.5) is 0 Å². The van der Waals surface area contributed by atoms with Crippen LogP contribution in [0.25, 0.3) is 17.2 Å². The minimum atomic E-state index is 0.328. The number of hydrogen-bond acceptors (Lipinski definition) is 5. The van der Waals surface area contributed by atoms with E-state index in [9.17, 15) is 0 Å². The Morgan fingerprint density at radius 3 is 2.53 bits per heavy atom. The van der Waals surface area contributed by atoms with E-state index >= 15 is 0 Å². The fourth-order valence-corrected chi connectivity index (χ4v) is 3.54. The normalized spacial score (nSPS) is 11.5. The quantitative estimate of drug-likeness (QED) is 0.478. The van der Waals surface area contributed by atoms with Crippen molar-refractivity contribution < 1.29 is 0 Å². The number of nitrogens with zero attached hydrogens (tertiary/aromatic N) is 7. The third kappa shape index (κ3) is 4.03. The van der Waals surface area contributed by atoms with Crippen LogP contribution in [0.15, 0.2) is 36.4 Å². The predicted molar refractivity (Wildman–Crippen MR) is 116 cm³/mol. The first kappa shape index (κ1) is 20.0. The lowest BCUT2D eigenvalue weighted by Gasteiger charge is -2.11. The first-order valence-electron chi connectivity index (χ1n) is 10.5. The molecule has 1 N–H and O–H groups in total. The molecule has 3 aromatic heterocycles. The van der Waals surface area contributed by atoms with Crippen LogP contribution in [-0.4, -0.2) is 40.0 Å². The molecule has 0 amide bonds. The molecule has 8 nitrogen and oxygen atoms in total. The molecular formula is C22H28N8. The van der Waals surface area contributed by atoms with E-state index in [1.165, 1.54) is 5.56 Å². The SMILES string of the molecule is CCCCc1nc(C(C)C)nn1Cc1ccc(-n2c(C)ccc2-c2nnn[nH]2)cc1. The third-order valence-corrected chi connectivity index (χ3v) is 5.23. The minimum absolute atomic E-state index is 0.328. The van der Waals surface area contributed by atoms with E-state index < -0.39 is 0 Å². The van der Waals surface area contributed by atoms with Gasteiger partial charge in [0.1, 0.15) is 5.82 Å². The molecule has 4 aromatic rings. The van der Waals surface area contributed by atoms with Crippen LogP contribution in [0.3, 0.4) is 0 Å². The zero-order valence-corrected chi connectivity index (χ0v) is 18.0. The zero-order chi connectivity index (χ0) is 21.1. The van der Waals surface area contributed by atoms with Gasteiger partial charge >= 0.3 is 0 Å². The Morgan fingerprint density at radius 1 is 1.07 bits per heavy atom. The molecule has 0 aliphatic carbocycles. The topological polar surface area (TPSA) is 90.1 Å². The van der Waals surface area contributed by atoms with E-state index in [2.05, 4.69) is 87.9 Å². The summed E-state index contributed by atoms with van der Waals surface area (Å²) >= 11 is 0. The van der Waals surface area contributed by atoms with Gasteiger partial charge in [0.2, 0.25) is 0 Å². The molecule has 0 saturated carbocycles. The van der Waals surface area contributed by atoms with Crippen LogP contribution in [0.1, 0.15) is 62.4 Å². The predicted octanol–water partition coefficient (Wildman–Crippen LogP) is 4.07. The van der Waals surface area contributed by atoms with Crippen LogP contribution in [-0.2, 0) is 13.0 Å². The molecule has 4 rings (SSSR count). The van der Waals surface area contributed by atoms with Crippen molar-refractivity contribution in [1.29, 1.82) is 0 Å². The Bertz CT molecular complexity index is 1090. The fraction of sp³-hybridized carbons (Fsp3) is 0.409. The van der Waals surface area contributed by atoms with E-state index in [4.69, 9.17) is 10.1 Å². The molecule has 1 aromatic carbocycles. The average Bonchev–Trinajstić information content (AvgIpc) is 3.47. The maximum Gasteiger partial charge on any atom is 0.196 e. The summed E-state index contributed by atoms with van der Waals surface area (Å²) in [7, 11) is 0. The number of aromatic nitrogens is 8. The van der Waals surface area contributed by atoms with E-state index in [1.54, 1.807) is 0 Å². The van der Waals surface area contributed by atoms with Crippen molar-refractivity contribution >= 4 is 0 Å². The number of tetrazole rings is 1. The molecule has 0 radical (unpaired) electrons. The number of benzene rings is 1. The van der Waals surface area contributed by atoms with Crippen molar-refractivity contribution in [2.75, 3.05) is 0 Å². The maximum atomic E-state index is 4.78. The standard InChI is InChI=1S/C22H28N8/c1-5-6-7-20-23-21(15(2)3)26-29(20)14-17-9-11-18(12-10-17)30-16(4)8-13-19(30)22-24-27-28-25-22/h8-13,15H,5-7,14H2,1-4H3,(H,24,25,27,28). The smallest absolute Gasteiger partial charge is 0.196 e. The number of aryl methyl sites for hydroxylation is 2. The van der Waals surface area contributed by atoms with E-state index in [0.29, 0.717) is 11.7 Å². The van der Waals surface area contributed by atoms with Gasteiger partial charge in [0.25, 0.3) is 0 Å². The summed E-state index contributed by atoms with van der Waals surface area (Å²) in [6, 6.07) is 12.6. The summed E-state index contributed by atoms with van der Waals surface area (Å²) in [6.07, 6.45) is 3.24. The van der Waals surface area contributed by atoms with Gasteiger partial charge in [-0.15, -0.1) is 5.10 Å². The molecule has 156 valence electrons. The maximum absolute atomic E-state index is 4.78. The highest BCUT2D eigenvalue weighted by Crippen LogP contribution is 2.24. The minimum Gasteiger partial charge on any atom is -0.311 e. The van der Waals surface area contributed by atoms with Crippen molar-refractivity contribution in [2.45, 2.75) is 59.4 Å². The van der Waals surface area contributed by atoms with Gasteiger partial charge in [0, 0.05) is 23.7 Å². The molecule has 0 atom stereocenters. The molecule has 8 heteroatoms. The molecule has 0 unspecified atom stereocenters. The van der Waals surface area contributed by atoms with Crippen LogP contribution in [0.5, 0.6) is 0 Å². The molecular weight excluding hydrogens is 376 g/mol. The summed E-state index contributed by atoms with van der Waals surface area (Å²) in [4.78, 5) is 4.78. The number of aromatic amines is 1. The lowest BCUT2D eigenvalue weighted by atomic mass is 10.2. The number of H-pyrrole nitrogens is 1. The molecule has 0 spiro atoms. The Labute approximate surface area is 176 Å². The van der Waals surface area contributed by atoms with Crippen molar-refractivity contribution in [1.82, 2.24) is 40.0 Å². The zero-order valence-electron chi connectivity index (χ0n) is 18.0. The lowest BCUT2D eigenvalue weighted by molar-refractivity contribution is 0.610. The van der Waals surface area contributed by atoms with Gasteiger partial charge < -0.3 is 4.57 Å². The average molecular weight is 405 g/mol. The molecule has 0 aliphatic rings. The summed E-state index contributed by atoms with van der Waals surface area (Å²) in [5, 5.41) is 19.1. The van der Waals surface area contributed by atoms with Crippen molar-refractivity contribution in [3.63, 3.8) is 0 Å². The van der Waals surface area contributed by atoms with E-state index in [0.717, 1.165) is 54.5 Å². The Balaban J connectivity index is 1.59. The van der Waals surface area contributed by atoms with E-state index in [-0.39, 0.29) is 0 Å². The molecule has 0 fully saturated rings. The second-order valence-electron chi connectivity index (χ2n) is 7.91. The van der Waals surface area contributed by atoms with Crippen LogP contribution >= 0.6 is 0 Å². The van der Waals surface area contributed by atoms with Gasteiger partial charge in [0.15, 0.2) is 11.6 Å². The van der Waals surface area contributed by atoms with Crippen LogP contribution in [0, 0.1) is 6.92 Å². The van der Waals surface area contributed by atoms with Gasteiger partial charge in [-0.3, -0.25) is 0 Å². The molecule has 30 heavy (non-hydrogen) atoms. The Kier molecular flexibility index (Phi) is 5.74. The van der Waals surface area contributed by atoms with E-state index in [1.807, 2.05) is 6.07 Å². The number of hydrogen-bond donors (Lipinski definition) is 1. The second-order valence-corrected chi connectivity index (χ2v) is 7.91. The third-order valence-electron chi connectivity index (χ3n) is 5.23. The van der Waals surface area contributed by atoms with Crippen molar-refractivity contribution in [3.05, 3.63) is 59.3 Å². The lowest BCUT2D eigenvalue weighted by Crippen LogP contribution is -2.08. The monoisotopic (exact) mass is 404 g/mol. The van der Waals surface area contributed by atoms with Crippen LogP contribution < -0.4 is 0 Å². The number of nitrogens with one attached hydrogen (secondary N) is 1. The van der Waals surface area contributed by atoms with Gasteiger partial charge in [-0.25, -0.2) is 14.8 Å². The summed E-state index contributed by atoms with van der Waals surface area (Å²) in [6.45, 7) is 9.28. The van der Waals surface area contributed by atoms with Crippen LogP contribution in [0.2, 0.25) is 0 Å². The summed E-state index contributed by atoms with van der Waals surface area (Å²) in [5.74, 6) is 2.98. The molecule has 3 heterocycles. The van der Waals surface area contributed by atoms with Crippen molar-refractivity contribution in [2.24, 2.45) is 0 Å².